The van der Waals surface area contributed by atoms with Crippen LogP contribution in [0, 0.1) is 11.6 Å². The fourth-order valence-electron chi connectivity index (χ4n) is 2.01. The lowest BCUT2D eigenvalue weighted by molar-refractivity contribution is -0.115. The summed E-state index contributed by atoms with van der Waals surface area (Å²) in [7, 11) is 1.56. The average Bonchev–Trinajstić information content (AvgIpc) is 2.91. The molecule has 1 amide bonds. The van der Waals surface area contributed by atoms with Gasteiger partial charge in [0.15, 0.2) is 5.16 Å². The van der Waals surface area contributed by atoms with Crippen molar-refractivity contribution >= 4 is 23.4 Å². The fourth-order valence-corrected chi connectivity index (χ4v) is 2.89. The van der Waals surface area contributed by atoms with Gasteiger partial charge in [0.2, 0.25) is 5.91 Å². The van der Waals surface area contributed by atoms with Crippen LogP contribution in [-0.2, 0) is 16.1 Å². The SMILES string of the molecule is COCCCn1c(SC(C)C(=O)Nc2c(F)cccc2F)n[nH]c1=O. The van der Waals surface area contributed by atoms with Crippen LogP contribution in [-0.4, -0.2) is 39.6 Å². The zero-order valence-corrected chi connectivity index (χ0v) is 14.5. The first-order chi connectivity index (χ1) is 11.9. The van der Waals surface area contributed by atoms with Crippen molar-refractivity contribution in [1.82, 2.24) is 14.8 Å². The van der Waals surface area contributed by atoms with E-state index in [1.807, 2.05) is 0 Å². The van der Waals surface area contributed by atoms with Gasteiger partial charge in [0.25, 0.3) is 0 Å². The van der Waals surface area contributed by atoms with Crippen molar-refractivity contribution in [2.24, 2.45) is 0 Å². The molecule has 0 bridgehead atoms. The summed E-state index contributed by atoms with van der Waals surface area (Å²) >= 11 is 1.01. The summed E-state index contributed by atoms with van der Waals surface area (Å²) in [6, 6.07) is 3.32. The minimum atomic E-state index is -0.859. The van der Waals surface area contributed by atoms with Gasteiger partial charge >= 0.3 is 5.69 Å². The van der Waals surface area contributed by atoms with Gasteiger partial charge in [-0.15, -0.1) is 5.10 Å². The number of rotatable bonds is 8. The van der Waals surface area contributed by atoms with Crippen LogP contribution < -0.4 is 11.0 Å². The minimum absolute atomic E-state index is 0.317. The van der Waals surface area contributed by atoms with Crippen LogP contribution in [0.3, 0.4) is 0 Å². The van der Waals surface area contributed by atoms with E-state index in [0.29, 0.717) is 24.7 Å². The maximum absolute atomic E-state index is 13.6. The molecule has 1 heterocycles. The highest BCUT2D eigenvalue weighted by Crippen LogP contribution is 2.23. The number of ether oxygens (including phenoxy) is 1. The summed E-state index contributed by atoms with van der Waals surface area (Å²) in [5.41, 5.74) is -0.897. The normalized spacial score (nSPS) is 12.2. The van der Waals surface area contributed by atoms with Gasteiger partial charge in [-0.2, -0.15) is 0 Å². The highest BCUT2D eigenvalue weighted by atomic mass is 32.2. The summed E-state index contributed by atoms with van der Waals surface area (Å²) in [5, 5.41) is 8.01. The number of carbonyl (C=O) groups is 1. The Bertz CT molecular complexity index is 773. The van der Waals surface area contributed by atoms with Crippen molar-refractivity contribution in [3.05, 3.63) is 40.3 Å². The predicted molar refractivity (Wildman–Crippen MR) is 89.6 cm³/mol. The molecule has 136 valence electrons. The number of methoxy groups -OCH3 is 1. The van der Waals surface area contributed by atoms with Crippen molar-refractivity contribution in [2.75, 3.05) is 19.0 Å². The molecule has 0 aliphatic rings. The first kappa shape index (κ1) is 19.1. The Kier molecular flexibility index (Phi) is 6.71. The zero-order chi connectivity index (χ0) is 18.4. The number of nitrogens with one attached hydrogen (secondary N) is 2. The Balaban J connectivity index is 2.05. The van der Waals surface area contributed by atoms with Crippen molar-refractivity contribution in [1.29, 1.82) is 0 Å². The molecule has 0 radical (unpaired) electrons. The molecule has 0 spiro atoms. The van der Waals surface area contributed by atoms with E-state index in [1.54, 1.807) is 14.0 Å². The van der Waals surface area contributed by atoms with Crippen molar-refractivity contribution in [2.45, 2.75) is 30.3 Å². The van der Waals surface area contributed by atoms with E-state index >= 15 is 0 Å². The van der Waals surface area contributed by atoms with Gasteiger partial charge in [-0.05, 0) is 25.5 Å². The first-order valence-corrected chi connectivity index (χ1v) is 8.37. The van der Waals surface area contributed by atoms with Gasteiger partial charge in [0.05, 0.1) is 5.25 Å². The quantitative estimate of drug-likeness (QED) is 0.547. The maximum atomic E-state index is 13.6. The number of halogens is 2. The number of benzene rings is 1. The standard InChI is InChI=1S/C15H18F2N4O3S/c1-9(13(22)18-12-10(16)5-3-6-11(12)17)25-15-20-19-14(23)21(15)7-4-8-24-2/h3,5-6,9H,4,7-8H2,1-2H3,(H,18,22)(H,19,23). The number of hydrogen-bond acceptors (Lipinski definition) is 5. The van der Waals surface area contributed by atoms with Gasteiger partial charge in [-0.3, -0.25) is 9.36 Å². The van der Waals surface area contributed by atoms with E-state index in [4.69, 9.17) is 4.74 Å². The van der Waals surface area contributed by atoms with Crippen molar-refractivity contribution in [3.63, 3.8) is 0 Å². The monoisotopic (exact) mass is 372 g/mol. The molecule has 1 unspecified atom stereocenters. The molecule has 2 N–H and O–H groups in total. The molecule has 1 atom stereocenters. The third-order valence-electron chi connectivity index (χ3n) is 3.32. The molecule has 2 rings (SSSR count). The Morgan fingerprint density at radius 3 is 2.76 bits per heavy atom. The van der Waals surface area contributed by atoms with Crippen LogP contribution in [0.25, 0.3) is 0 Å². The smallest absolute Gasteiger partial charge is 0.343 e. The fraction of sp³-hybridized carbons (Fsp3) is 0.400. The van der Waals surface area contributed by atoms with Crippen molar-refractivity contribution in [3.8, 4) is 0 Å². The van der Waals surface area contributed by atoms with E-state index in [2.05, 4.69) is 15.5 Å². The molecule has 1 aromatic carbocycles. The number of H-pyrrole nitrogens is 1. The summed E-state index contributed by atoms with van der Waals surface area (Å²) in [6.45, 7) is 2.41. The Hall–Kier alpha value is -2.20. The second-order valence-electron chi connectivity index (χ2n) is 5.16. The molecule has 1 aromatic heterocycles. The van der Waals surface area contributed by atoms with Gasteiger partial charge in [-0.1, -0.05) is 17.8 Å². The number of aromatic amines is 1. The van der Waals surface area contributed by atoms with Crippen LogP contribution in [0.15, 0.2) is 28.2 Å². The number of anilines is 1. The van der Waals surface area contributed by atoms with Crippen molar-refractivity contribution < 1.29 is 18.3 Å². The number of para-hydroxylation sites is 1. The molecular weight excluding hydrogens is 354 g/mol. The number of amides is 1. The molecule has 0 aliphatic carbocycles. The number of carbonyl (C=O) groups excluding carboxylic acids is 1. The second-order valence-corrected chi connectivity index (χ2v) is 6.46. The highest BCUT2D eigenvalue weighted by molar-refractivity contribution is 8.00. The Labute approximate surface area is 146 Å². The summed E-state index contributed by atoms with van der Waals surface area (Å²) in [4.78, 5) is 23.9. The molecule has 0 fully saturated rings. The van der Waals surface area contributed by atoms with Gasteiger partial charge in [-0.25, -0.2) is 18.7 Å². The maximum Gasteiger partial charge on any atom is 0.343 e. The van der Waals surface area contributed by atoms with Crippen LogP contribution in [0.4, 0.5) is 14.5 Å². The topological polar surface area (TPSA) is 89.0 Å². The lowest BCUT2D eigenvalue weighted by Crippen LogP contribution is -2.25. The first-order valence-electron chi connectivity index (χ1n) is 7.49. The third-order valence-corrected chi connectivity index (χ3v) is 4.41. The van der Waals surface area contributed by atoms with Crippen LogP contribution in [0.2, 0.25) is 0 Å². The van der Waals surface area contributed by atoms with E-state index < -0.39 is 34.2 Å². The van der Waals surface area contributed by atoms with Crippen LogP contribution in [0.5, 0.6) is 0 Å². The van der Waals surface area contributed by atoms with Gasteiger partial charge in [0, 0.05) is 20.3 Å². The Morgan fingerprint density at radius 1 is 1.44 bits per heavy atom. The van der Waals surface area contributed by atoms with Crippen LogP contribution >= 0.6 is 11.8 Å². The second kappa shape index (κ2) is 8.77. The largest absolute Gasteiger partial charge is 0.385 e. The molecule has 25 heavy (non-hydrogen) atoms. The lowest BCUT2D eigenvalue weighted by Gasteiger charge is -2.13. The number of aromatic nitrogens is 3. The van der Waals surface area contributed by atoms with E-state index in [-0.39, 0.29) is 0 Å². The minimum Gasteiger partial charge on any atom is -0.385 e. The van der Waals surface area contributed by atoms with E-state index in [0.717, 1.165) is 23.9 Å². The van der Waals surface area contributed by atoms with Crippen LogP contribution in [0.1, 0.15) is 13.3 Å². The molecule has 0 saturated carbocycles. The highest BCUT2D eigenvalue weighted by Gasteiger charge is 2.21. The zero-order valence-electron chi connectivity index (χ0n) is 13.7. The molecule has 10 heteroatoms. The molecule has 7 nitrogen and oxygen atoms in total. The molecule has 2 aromatic rings. The van der Waals surface area contributed by atoms with Gasteiger partial charge < -0.3 is 10.1 Å². The molecular formula is C15H18F2N4O3S. The average molecular weight is 372 g/mol. The van der Waals surface area contributed by atoms with E-state index in [9.17, 15) is 18.4 Å². The predicted octanol–water partition coefficient (Wildman–Crippen LogP) is 2.01. The summed E-state index contributed by atoms with van der Waals surface area (Å²) in [6.07, 6.45) is 0.602. The molecule has 0 saturated heterocycles. The Morgan fingerprint density at radius 2 is 2.12 bits per heavy atom. The van der Waals surface area contributed by atoms with E-state index in [1.165, 1.54) is 10.6 Å². The molecule has 0 aliphatic heterocycles. The summed E-state index contributed by atoms with van der Waals surface area (Å²) in [5.74, 6) is -2.32. The number of hydrogen-bond donors (Lipinski definition) is 2. The lowest BCUT2D eigenvalue weighted by atomic mass is 10.3. The third kappa shape index (κ3) is 4.89. The summed E-state index contributed by atoms with van der Waals surface area (Å²) < 4.78 is 33.5. The number of nitrogens with zero attached hydrogens (tertiary/aromatic N) is 2. The van der Waals surface area contributed by atoms with Gasteiger partial charge in [0.1, 0.15) is 17.3 Å². The number of thioether (sulfide) groups is 1.